The minimum atomic E-state index is -1.17. The van der Waals surface area contributed by atoms with Crippen molar-refractivity contribution in [2.45, 2.75) is 18.5 Å². The van der Waals surface area contributed by atoms with Gasteiger partial charge in [-0.15, -0.1) is 0 Å². The Morgan fingerprint density at radius 3 is 1.21 bits per heavy atom. The van der Waals surface area contributed by atoms with Gasteiger partial charge in [0.2, 0.25) is 0 Å². The van der Waals surface area contributed by atoms with Crippen LogP contribution in [-0.2, 0) is 24.6 Å². The third-order valence-electron chi connectivity index (χ3n) is 5.44. The molecule has 0 atom stereocenters. The first-order valence-corrected chi connectivity index (χ1v) is 9.16. The maximum absolute atomic E-state index is 12.7. The van der Waals surface area contributed by atoms with Crippen molar-refractivity contribution in [2.24, 2.45) is 0 Å². The zero-order valence-electron chi connectivity index (χ0n) is 15.7. The molecule has 2 aromatic rings. The molecule has 6 nitrogen and oxygen atoms in total. The van der Waals surface area contributed by atoms with E-state index < -0.39 is 35.2 Å². The topological polar surface area (TPSA) is 74.8 Å². The fourth-order valence-electron chi connectivity index (χ4n) is 3.97. The summed E-state index contributed by atoms with van der Waals surface area (Å²) in [5, 5.41) is 0. The highest BCUT2D eigenvalue weighted by Crippen LogP contribution is 2.41. The zero-order chi connectivity index (χ0) is 20.6. The van der Waals surface area contributed by atoms with Crippen molar-refractivity contribution >= 4 is 23.6 Å². The number of hydrogen-bond donors (Lipinski definition) is 0. The molecule has 4 amide bonds. The van der Waals surface area contributed by atoms with E-state index in [1.54, 1.807) is 0 Å². The molecule has 0 bridgehead atoms. The van der Waals surface area contributed by atoms with E-state index in [0.717, 1.165) is 45.2 Å². The van der Waals surface area contributed by atoms with E-state index in [4.69, 9.17) is 0 Å². The summed E-state index contributed by atoms with van der Waals surface area (Å²) in [6.07, 6.45) is 3.46. The summed E-state index contributed by atoms with van der Waals surface area (Å²) in [4.78, 5) is 52.6. The number of rotatable bonds is 5. The molecule has 0 spiro atoms. The van der Waals surface area contributed by atoms with Crippen LogP contribution < -0.4 is 0 Å². The normalized spacial score (nSPS) is 16.6. The zero-order valence-corrected chi connectivity index (χ0v) is 15.7. The molecule has 0 aliphatic carbocycles. The molecular weight excluding hydrogens is 368 g/mol. The number of amides is 4. The Balaban J connectivity index is 1.99. The summed E-state index contributed by atoms with van der Waals surface area (Å²) in [5.74, 6) is -2.26. The van der Waals surface area contributed by atoms with E-state index in [1.807, 2.05) is 67.6 Å². The minimum Gasteiger partial charge on any atom is -0.269 e. The first kappa shape index (κ1) is 18.6. The van der Waals surface area contributed by atoms with Crippen LogP contribution in [0.25, 0.3) is 0 Å². The van der Waals surface area contributed by atoms with Gasteiger partial charge >= 0.3 is 0 Å². The van der Waals surface area contributed by atoms with Gasteiger partial charge in [0.25, 0.3) is 23.6 Å². The van der Waals surface area contributed by atoms with Gasteiger partial charge in [-0.3, -0.25) is 29.0 Å². The molecular formula is C23H18N2O4. The van der Waals surface area contributed by atoms with E-state index in [0.29, 0.717) is 0 Å². The van der Waals surface area contributed by atoms with Crippen molar-refractivity contribution in [2.75, 3.05) is 0 Å². The summed E-state index contributed by atoms with van der Waals surface area (Å²) in [6, 6.07) is 18.5. The van der Waals surface area contributed by atoms with Gasteiger partial charge in [0.05, 0.1) is 5.41 Å². The number of carbonyl (C=O) groups is 4. The van der Waals surface area contributed by atoms with E-state index in [-0.39, 0.29) is 0 Å². The Morgan fingerprint density at radius 1 is 0.586 bits per heavy atom. The predicted molar refractivity (Wildman–Crippen MR) is 105 cm³/mol. The van der Waals surface area contributed by atoms with Gasteiger partial charge in [-0.2, -0.15) is 0 Å². The highest BCUT2D eigenvalue weighted by Gasteiger charge is 2.52. The quantitative estimate of drug-likeness (QED) is 0.738. The van der Waals surface area contributed by atoms with Crippen molar-refractivity contribution in [3.8, 4) is 0 Å². The van der Waals surface area contributed by atoms with E-state index in [2.05, 4.69) is 0 Å². The third-order valence-corrected chi connectivity index (χ3v) is 5.44. The van der Waals surface area contributed by atoms with Crippen molar-refractivity contribution in [1.29, 1.82) is 0 Å². The van der Waals surface area contributed by atoms with Gasteiger partial charge in [-0.1, -0.05) is 60.7 Å². The van der Waals surface area contributed by atoms with Crippen LogP contribution in [0.4, 0.5) is 0 Å². The first-order chi connectivity index (χ1) is 13.9. The van der Waals surface area contributed by atoms with Crippen LogP contribution in [0.15, 0.2) is 85.0 Å². The Labute approximate surface area is 167 Å². The lowest BCUT2D eigenvalue weighted by Crippen LogP contribution is -2.62. The predicted octanol–water partition coefficient (Wildman–Crippen LogP) is 2.17. The molecule has 2 aliphatic rings. The second-order valence-corrected chi connectivity index (χ2v) is 7.07. The monoisotopic (exact) mass is 386 g/mol. The van der Waals surface area contributed by atoms with Crippen molar-refractivity contribution in [1.82, 2.24) is 9.80 Å². The number of imide groups is 2. The third kappa shape index (κ3) is 2.89. The van der Waals surface area contributed by atoms with Crippen LogP contribution in [0, 0.1) is 0 Å². The fraction of sp³-hybridized carbons (Fsp3) is 0.130. The van der Waals surface area contributed by atoms with Gasteiger partial charge in [0.1, 0.15) is 6.17 Å². The summed E-state index contributed by atoms with van der Waals surface area (Å²) in [7, 11) is 0. The number of nitrogens with zero attached hydrogens (tertiary/aromatic N) is 2. The SMILES string of the molecule is CC(c1ccccc1)(c1ccccc1)C(N1C(=O)C=CC1=O)N1C(=O)C=CC1=O. The minimum absolute atomic E-state index is 0.564. The molecule has 144 valence electrons. The highest BCUT2D eigenvalue weighted by atomic mass is 16.2. The molecule has 0 saturated heterocycles. The lowest BCUT2D eigenvalue weighted by Gasteiger charge is -2.46. The molecule has 2 aliphatic heterocycles. The molecule has 2 heterocycles. The lowest BCUT2D eigenvalue weighted by atomic mass is 9.72. The molecule has 0 saturated carbocycles. The van der Waals surface area contributed by atoms with Gasteiger partial charge in [0.15, 0.2) is 0 Å². The molecule has 4 rings (SSSR count). The van der Waals surface area contributed by atoms with Gasteiger partial charge in [0, 0.05) is 24.3 Å². The Bertz CT molecular complexity index is 939. The number of hydrogen-bond acceptors (Lipinski definition) is 4. The molecule has 0 aromatic heterocycles. The molecule has 0 radical (unpaired) electrons. The van der Waals surface area contributed by atoms with E-state index >= 15 is 0 Å². The molecule has 0 unspecified atom stereocenters. The van der Waals surface area contributed by atoms with Gasteiger partial charge in [-0.05, 0) is 18.1 Å². The lowest BCUT2D eigenvalue weighted by molar-refractivity contribution is -0.155. The van der Waals surface area contributed by atoms with Gasteiger partial charge < -0.3 is 0 Å². The summed E-state index contributed by atoms with van der Waals surface area (Å²) in [5.41, 5.74) is 0.462. The van der Waals surface area contributed by atoms with Crippen LogP contribution in [-0.4, -0.2) is 39.6 Å². The van der Waals surface area contributed by atoms with E-state index in [1.165, 1.54) is 0 Å². The van der Waals surface area contributed by atoms with Crippen LogP contribution in [0.1, 0.15) is 18.1 Å². The van der Waals surface area contributed by atoms with Crippen LogP contribution in [0.3, 0.4) is 0 Å². The standard InChI is InChI=1S/C23H18N2O4/c1-23(16-8-4-2-5-9-16,17-10-6-3-7-11-17)22(24-18(26)12-13-19(24)27)25-20(28)14-15-21(25)29/h2-15,22H,1H3. The van der Waals surface area contributed by atoms with Crippen LogP contribution in [0.5, 0.6) is 0 Å². The molecule has 0 fully saturated rings. The summed E-state index contributed by atoms with van der Waals surface area (Å²) >= 11 is 0. The summed E-state index contributed by atoms with van der Waals surface area (Å²) in [6.45, 7) is 1.83. The average Bonchev–Trinajstić information content (AvgIpc) is 3.25. The molecule has 29 heavy (non-hydrogen) atoms. The van der Waals surface area contributed by atoms with Crippen LogP contribution >= 0.6 is 0 Å². The maximum atomic E-state index is 12.7. The number of benzene rings is 2. The highest BCUT2D eigenvalue weighted by molar-refractivity contribution is 6.16. The molecule has 0 N–H and O–H groups in total. The second kappa shape index (κ2) is 6.98. The van der Waals surface area contributed by atoms with E-state index in [9.17, 15) is 19.2 Å². The largest absolute Gasteiger partial charge is 0.269 e. The Kier molecular flexibility index (Phi) is 4.47. The van der Waals surface area contributed by atoms with Crippen LogP contribution in [0.2, 0.25) is 0 Å². The number of carbonyl (C=O) groups excluding carboxylic acids is 4. The second-order valence-electron chi connectivity index (χ2n) is 7.07. The molecule has 2 aromatic carbocycles. The van der Waals surface area contributed by atoms with Gasteiger partial charge in [-0.25, -0.2) is 0 Å². The molecule has 6 heteroatoms. The van der Waals surface area contributed by atoms with Crippen molar-refractivity contribution < 1.29 is 19.2 Å². The first-order valence-electron chi connectivity index (χ1n) is 9.16. The van der Waals surface area contributed by atoms with Crippen molar-refractivity contribution in [3.05, 3.63) is 96.1 Å². The fourth-order valence-corrected chi connectivity index (χ4v) is 3.97. The Hall–Kier alpha value is -3.80. The average molecular weight is 386 g/mol. The smallest absolute Gasteiger partial charge is 0.255 e. The maximum Gasteiger partial charge on any atom is 0.255 e. The Morgan fingerprint density at radius 2 is 0.897 bits per heavy atom. The van der Waals surface area contributed by atoms with Crippen molar-refractivity contribution in [3.63, 3.8) is 0 Å². The summed E-state index contributed by atoms with van der Waals surface area (Å²) < 4.78 is 0.